The van der Waals surface area contributed by atoms with Crippen molar-refractivity contribution in [1.82, 2.24) is 0 Å². The molecule has 4 N–H and O–H groups in total. The van der Waals surface area contributed by atoms with Gasteiger partial charge in [0.2, 0.25) is 0 Å². The number of carboxylic acid groups (broad SMARTS) is 2. The fourth-order valence-corrected chi connectivity index (χ4v) is 3.69. The van der Waals surface area contributed by atoms with Crippen molar-refractivity contribution >= 4 is 33.5 Å². The van der Waals surface area contributed by atoms with E-state index in [2.05, 4.69) is 0 Å². The molecule has 0 saturated heterocycles. The van der Waals surface area contributed by atoms with Crippen molar-refractivity contribution in [2.75, 3.05) is 0 Å². The fourth-order valence-electron chi connectivity index (χ4n) is 1.52. The van der Waals surface area contributed by atoms with Crippen LogP contribution in [0.25, 0.3) is 0 Å². The Morgan fingerprint density at radius 2 is 1.09 bits per heavy atom. The molecule has 0 fully saturated rings. The SMILES string of the molecule is O=C(O)c1ccc(O)c(SSc2cc(C(=O)O)ccc2O)c1. The molecule has 2 aromatic carbocycles. The smallest absolute Gasteiger partial charge is 0.335 e. The van der Waals surface area contributed by atoms with Crippen LogP contribution in [-0.2, 0) is 0 Å². The first-order chi connectivity index (χ1) is 10.4. The number of hydrogen-bond donors (Lipinski definition) is 4. The third-order valence-electron chi connectivity index (χ3n) is 2.63. The lowest BCUT2D eigenvalue weighted by Gasteiger charge is -2.07. The average Bonchev–Trinajstić information content (AvgIpc) is 2.47. The molecule has 0 spiro atoms. The van der Waals surface area contributed by atoms with E-state index in [4.69, 9.17) is 10.2 Å². The molecule has 6 nitrogen and oxygen atoms in total. The maximum absolute atomic E-state index is 10.9. The summed E-state index contributed by atoms with van der Waals surface area (Å²) < 4.78 is 0. The second-order valence-electron chi connectivity index (χ2n) is 4.14. The standard InChI is InChI=1S/C14H10O6S2/c15-9-3-1-7(13(17)18)5-11(9)21-22-12-6-8(14(19)20)2-4-10(12)16/h1-6,15-16H,(H,17,18)(H,19,20). The van der Waals surface area contributed by atoms with Crippen LogP contribution in [-0.4, -0.2) is 32.4 Å². The number of phenolic OH excluding ortho intramolecular Hbond substituents is 2. The highest BCUT2D eigenvalue weighted by molar-refractivity contribution is 8.76. The first-order valence-electron chi connectivity index (χ1n) is 5.85. The van der Waals surface area contributed by atoms with Gasteiger partial charge in [0.15, 0.2) is 0 Å². The number of aromatic carboxylic acids is 2. The molecule has 0 aromatic heterocycles. The Labute approximate surface area is 132 Å². The fraction of sp³-hybridized carbons (Fsp3) is 0. The van der Waals surface area contributed by atoms with Gasteiger partial charge in [-0.1, -0.05) is 0 Å². The quantitative estimate of drug-likeness (QED) is 0.614. The van der Waals surface area contributed by atoms with Gasteiger partial charge in [-0.3, -0.25) is 0 Å². The van der Waals surface area contributed by atoms with Gasteiger partial charge in [-0.25, -0.2) is 9.59 Å². The minimum absolute atomic E-state index is 0.0180. The summed E-state index contributed by atoms with van der Waals surface area (Å²) in [6, 6.07) is 7.67. The Morgan fingerprint density at radius 3 is 1.41 bits per heavy atom. The van der Waals surface area contributed by atoms with Crippen LogP contribution in [0.2, 0.25) is 0 Å². The molecule has 0 aliphatic carbocycles. The van der Waals surface area contributed by atoms with Gasteiger partial charge < -0.3 is 20.4 Å². The Balaban J connectivity index is 2.23. The van der Waals surface area contributed by atoms with Crippen molar-refractivity contribution < 1.29 is 30.0 Å². The summed E-state index contributed by atoms with van der Waals surface area (Å²) >= 11 is 0. The predicted molar refractivity (Wildman–Crippen MR) is 81.8 cm³/mol. The highest BCUT2D eigenvalue weighted by Gasteiger charge is 2.12. The van der Waals surface area contributed by atoms with E-state index < -0.39 is 11.9 Å². The minimum atomic E-state index is -1.12. The lowest BCUT2D eigenvalue weighted by molar-refractivity contribution is 0.0685. The molecule has 0 atom stereocenters. The molecule has 114 valence electrons. The summed E-state index contributed by atoms with van der Waals surface area (Å²) in [5.41, 5.74) is 0.0359. The monoisotopic (exact) mass is 338 g/mol. The van der Waals surface area contributed by atoms with E-state index in [1.165, 1.54) is 36.4 Å². The topological polar surface area (TPSA) is 115 Å². The van der Waals surface area contributed by atoms with Crippen molar-refractivity contribution in [3.05, 3.63) is 47.5 Å². The lowest BCUT2D eigenvalue weighted by Crippen LogP contribution is -1.96. The number of phenols is 2. The predicted octanol–water partition coefficient (Wildman–Crippen LogP) is 3.29. The number of benzene rings is 2. The summed E-state index contributed by atoms with van der Waals surface area (Å²) in [5, 5.41) is 37.3. The molecule has 8 heteroatoms. The van der Waals surface area contributed by atoms with E-state index >= 15 is 0 Å². The molecular formula is C14H10O6S2. The summed E-state index contributed by atoms with van der Waals surface area (Å²) in [6.07, 6.45) is 0. The number of carbonyl (C=O) groups is 2. The van der Waals surface area contributed by atoms with Gasteiger partial charge in [-0.2, -0.15) is 0 Å². The molecule has 0 bridgehead atoms. The van der Waals surface area contributed by atoms with Crippen molar-refractivity contribution in [3.63, 3.8) is 0 Å². The Morgan fingerprint density at radius 1 is 0.727 bits per heavy atom. The lowest BCUT2D eigenvalue weighted by atomic mass is 10.2. The van der Waals surface area contributed by atoms with Crippen LogP contribution in [0.4, 0.5) is 0 Å². The first kappa shape index (κ1) is 16.1. The van der Waals surface area contributed by atoms with E-state index in [1.807, 2.05) is 0 Å². The molecule has 0 heterocycles. The highest BCUT2D eigenvalue weighted by Crippen LogP contribution is 2.44. The van der Waals surface area contributed by atoms with Gasteiger partial charge in [0.25, 0.3) is 0 Å². The van der Waals surface area contributed by atoms with Crippen molar-refractivity contribution in [2.24, 2.45) is 0 Å². The second-order valence-corrected chi connectivity index (χ2v) is 6.35. The molecule has 2 aromatic rings. The molecule has 0 unspecified atom stereocenters. The van der Waals surface area contributed by atoms with Crippen molar-refractivity contribution in [1.29, 1.82) is 0 Å². The van der Waals surface area contributed by atoms with Crippen LogP contribution in [0.1, 0.15) is 20.7 Å². The van der Waals surface area contributed by atoms with Gasteiger partial charge in [0, 0.05) is 0 Å². The Kier molecular flexibility index (Phi) is 4.84. The first-order valence-corrected chi connectivity index (χ1v) is 8.00. The Bertz CT molecular complexity index is 681. The summed E-state index contributed by atoms with van der Waals surface area (Å²) in [5.74, 6) is -2.45. The summed E-state index contributed by atoms with van der Waals surface area (Å²) in [7, 11) is 2.03. The van der Waals surface area contributed by atoms with E-state index in [0.717, 1.165) is 21.6 Å². The van der Waals surface area contributed by atoms with Gasteiger partial charge in [0.05, 0.1) is 20.9 Å². The van der Waals surface area contributed by atoms with Crippen LogP contribution < -0.4 is 0 Å². The minimum Gasteiger partial charge on any atom is -0.507 e. The van der Waals surface area contributed by atoms with Crippen molar-refractivity contribution in [3.8, 4) is 11.5 Å². The highest BCUT2D eigenvalue weighted by atomic mass is 33.1. The summed E-state index contributed by atoms with van der Waals surface area (Å²) in [6.45, 7) is 0. The molecule has 0 saturated carbocycles. The third-order valence-corrected chi connectivity index (χ3v) is 5.06. The van der Waals surface area contributed by atoms with E-state index in [0.29, 0.717) is 9.79 Å². The van der Waals surface area contributed by atoms with E-state index in [9.17, 15) is 19.8 Å². The number of carboxylic acids is 2. The number of rotatable bonds is 5. The molecule has 2 rings (SSSR count). The molecule has 0 aliphatic rings. The van der Waals surface area contributed by atoms with Crippen LogP contribution in [0.15, 0.2) is 46.2 Å². The zero-order chi connectivity index (χ0) is 16.3. The van der Waals surface area contributed by atoms with E-state index in [1.54, 1.807) is 0 Å². The number of aromatic hydroxyl groups is 2. The summed E-state index contributed by atoms with van der Waals surface area (Å²) in [4.78, 5) is 22.4. The van der Waals surface area contributed by atoms with Gasteiger partial charge in [0.1, 0.15) is 11.5 Å². The largest absolute Gasteiger partial charge is 0.507 e. The van der Waals surface area contributed by atoms with Gasteiger partial charge in [-0.15, -0.1) is 0 Å². The molecule has 22 heavy (non-hydrogen) atoms. The van der Waals surface area contributed by atoms with E-state index in [-0.39, 0.29) is 22.6 Å². The van der Waals surface area contributed by atoms with Crippen LogP contribution in [0, 0.1) is 0 Å². The van der Waals surface area contributed by atoms with Gasteiger partial charge in [-0.05, 0) is 58.0 Å². The number of hydrogen-bond acceptors (Lipinski definition) is 6. The van der Waals surface area contributed by atoms with Crippen LogP contribution in [0.5, 0.6) is 11.5 Å². The van der Waals surface area contributed by atoms with Crippen molar-refractivity contribution in [2.45, 2.75) is 9.79 Å². The Hall–Kier alpha value is -2.32. The third kappa shape index (κ3) is 3.66. The molecule has 0 amide bonds. The van der Waals surface area contributed by atoms with Crippen LogP contribution in [0.3, 0.4) is 0 Å². The molecule has 0 aliphatic heterocycles. The normalized spacial score (nSPS) is 10.4. The van der Waals surface area contributed by atoms with Crippen LogP contribution >= 0.6 is 21.6 Å². The second kappa shape index (κ2) is 6.63. The molecule has 0 radical (unpaired) electrons. The zero-order valence-corrected chi connectivity index (χ0v) is 12.5. The maximum atomic E-state index is 10.9. The molecular weight excluding hydrogens is 328 g/mol. The average molecular weight is 338 g/mol. The van der Waals surface area contributed by atoms with Gasteiger partial charge >= 0.3 is 11.9 Å². The maximum Gasteiger partial charge on any atom is 0.335 e. The zero-order valence-electron chi connectivity index (χ0n) is 10.9.